The number of nitrogens with zero attached hydrogens (tertiary/aromatic N) is 2. The van der Waals surface area contributed by atoms with E-state index in [2.05, 4.69) is 10.4 Å². The van der Waals surface area contributed by atoms with E-state index in [1.165, 1.54) is 0 Å². The van der Waals surface area contributed by atoms with Crippen LogP contribution in [0.1, 0.15) is 12.0 Å². The van der Waals surface area contributed by atoms with Crippen LogP contribution in [-0.4, -0.2) is 21.6 Å². The molecule has 0 unspecified atom stereocenters. The molecule has 5 heteroatoms. The molecule has 5 nitrogen and oxygen atoms in total. The molecular weight excluding hydrogens is 182 g/mol. The lowest BCUT2D eigenvalue weighted by molar-refractivity contribution is -0.124. The normalized spacial score (nSPS) is 19.1. The molecule has 1 aromatic heterocycles. The molecule has 0 atom stereocenters. The van der Waals surface area contributed by atoms with E-state index in [1.54, 1.807) is 30.2 Å². The standard InChI is InChI=1S/C9H9N3O2/c1-12-5-6(4-10-12)2-7-3-8(13)11-9(7)14/h2,4-5H,3H2,1H3,(H,11,13,14). The smallest absolute Gasteiger partial charge is 0.254 e. The molecule has 1 saturated heterocycles. The largest absolute Gasteiger partial charge is 0.292 e. The van der Waals surface area contributed by atoms with Crippen molar-refractivity contribution in [1.29, 1.82) is 0 Å². The van der Waals surface area contributed by atoms with Crippen LogP contribution in [0.3, 0.4) is 0 Å². The number of imide groups is 1. The zero-order valence-electron chi connectivity index (χ0n) is 7.65. The lowest BCUT2D eigenvalue weighted by Crippen LogP contribution is -2.19. The monoisotopic (exact) mass is 191 g/mol. The number of carbonyl (C=O) groups excluding carboxylic acids is 2. The fraction of sp³-hybridized carbons (Fsp3) is 0.222. The molecule has 0 radical (unpaired) electrons. The van der Waals surface area contributed by atoms with Gasteiger partial charge in [0.15, 0.2) is 0 Å². The highest BCUT2D eigenvalue weighted by Crippen LogP contribution is 2.13. The summed E-state index contributed by atoms with van der Waals surface area (Å²) in [4.78, 5) is 22.0. The van der Waals surface area contributed by atoms with Crippen LogP contribution in [0, 0.1) is 0 Å². The number of rotatable bonds is 1. The van der Waals surface area contributed by atoms with E-state index in [4.69, 9.17) is 0 Å². The van der Waals surface area contributed by atoms with Gasteiger partial charge in [-0.3, -0.25) is 19.6 Å². The predicted molar refractivity (Wildman–Crippen MR) is 49.0 cm³/mol. The van der Waals surface area contributed by atoms with Crippen molar-refractivity contribution in [2.45, 2.75) is 6.42 Å². The summed E-state index contributed by atoms with van der Waals surface area (Å²) in [6.07, 6.45) is 5.26. The van der Waals surface area contributed by atoms with Gasteiger partial charge in [-0.25, -0.2) is 0 Å². The molecule has 0 aliphatic carbocycles. The Morgan fingerprint density at radius 3 is 2.86 bits per heavy atom. The summed E-state index contributed by atoms with van der Waals surface area (Å²) in [6.45, 7) is 0. The maximum absolute atomic E-state index is 11.2. The van der Waals surface area contributed by atoms with Crippen molar-refractivity contribution in [1.82, 2.24) is 15.1 Å². The van der Waals surface area contributed by atoms with Gasteiger partial charge >= 0.3 is 0 Å². The first-order valence-electron chi connectivity index (χ1n) is 4.18. The zero-order chi connectivity index (χ0) is 10.1. The lowest BCUT2D eigenvalue weighted by Gasteiger charge is -1.88. The summed E-state index contributed by atoms with van der Waals surface area (Å²) in [5.41, 5.74) is 1.32. The van der Waals surface area contributed by atoms with Crippen LogP contribution >= 0.6 is 0 Å². The summed E-state index contributed by atoms with van der Waals surface area (Å²) in [5.74, 6) is -0.552. The van der Waals surface area contributed by atoms with Gasteiger partial charge in [0.1, 0.15) is 0 Å². The van der Waals surface area contributed by atoms with Crippen molar-refractivity contribution < 1.29 is 9.59 Å². The quantitative estimate of drug-likeness (QED) is 0.496. The van der Waals surface area contributed by atoms with Crippen molar-refractivity contribution in [3.8, 4) is 0 Å². The molecule has 1 aliphatic heterocycles. The fourth-order valence-corrected chi connectivity index (χ4v) is 1.34. The van der Waals surface area contributed by atoms with Gasteiger partial charge in [-0.15, -0.1) is 0 Å². The van der Waals surface area contributed by atoms with E-state index < -0.39 is 0 Å². The first-order valence-corrected chi connectivity index (χ1v) is 4.18. The van der Waals surface area contributed by atoms with Crippen LogP contribution in [0.4, 0.5) is 0 Å². The number of hydrogen-bond donors (Lipinski definition) is 1. The van der Waals surface area contributed by atoms with Gasteiger partial charge in [-0.05, 0) is 6.08 Å². The third-order valence-corrected chi connectivity index (χ3v) is 1.96. The van der Waals surface area contributed by atoms with Gasteiger partial charge in [0.25, 0.3) is 5.91 Å². The number of amides is 2. The maximum atomic E-state index is 11.2. The number of hydrogen-bond acceptors (Lipinski definition) is 3. The summed E-state index contributed by atoms with van der Waals surface area (Å²) in [7, 11) is 1.79. The topological polar surface area (TPSA) is 64.0 Å². The molecular formula is C9H9N3O2. The molecule has 2 rings (SSSR count). The molecule has 2 amide bonds. The van der Waals surface area contributed by atoms with Crippen LogP contribution in [0.25, 0.3) is 6.08 Å². The second-order valence-corrected chi connectivity index (χ2v) is 3.17. The van der Waals surface area contributed by atoms with E-state index in [0.717, 1.165) is 5.56 Å². The fourth-order valence-electron chi connectivity index (χ4n) is 1.34. The molecule has 72 valence electrons. The Labute approximate surface area is 80.4 Å². The summed E-state index contributed by atoms with van der Waals surface area (Å²) >= 11 is 0. The number of aromatic nitrogens is 2. The zero-order valence-corrected chi connectivity index (χ0v) is 7.65. The second-order valence-electron chi connectivity index (χ2n) is 3.17. The average molecular weight is 191 g/mol. The van der Waals surface area contributed by atoms with Crippen molar-refractivity contribution in [3.05, 3.63) is 23.5 Å². The van der Waals surface area contributed by atoms with Gasteiger partial charge in [-0.1, -0.05) is 0 Å². The van der Waals surface area contributed by atoms with E-state index in [1.807, 2.05) is 0 Å². The SMILES string of the molecule is Cn1cc(C=C2CC(=O)NC2=O)cn1. The molecule has 2 heterocycles. The van der Waals surface area contributed by atoms with Gasteiger partial charge in [0.2, 0.25) is 5.91 Å². The summed E-state index contributed by atoms with van der Waals surface area (Å²) in [5, 5.41) is 6.18. The number of aryl methyl sites for hydroxylation is 1. The van der Waals surface area contributed by atoms with Crippen LogP contribution < -0.4 is 5.32 Å². The summed E-state index contributed by atoms with van der Waals surface area (Å²) in [6, 6.07) is 0. The van der Waals surface area contributed by atoms with E-state index in [9.17, 15) is 9.59 Å². The Balaban J connectivity index is 2.27. The van der Waals surface area contributed by atoms with Gasteiger partial charge in [0.05, 0.1) is 12.6 Å². The Bertz CT molecular complexity index is 431. The number of carbonyl (C=O) groups is 2. The summed E-state index contributed by atoms with van der Waals surface area (Å²) < 4.78 is 1.64. The average Bonchev–Trinajstić information content (AvgIpc) is 2.61. The molecule has 0 saturated carbocycles. The van der Waals surface area contributed by atoms with Crippen LogP contribution in [0.5, 0.6) is 0 Å². The highest BCUT2D eigenvalue weighted by atomic mass is 16.2. The van der Waals surface area contributed by atoms with Gasteiger partial charge in [-0.2, -0.15) is 5.10 Å². The highest BCUT2D eigenvalue weighted by Gasteiger charge is 2.23. The van der Waals surface area contributed by atoms with Crippen LogP contribution in [-0.2, 0) is 16.6 Å². The molecule has 0 spiro atoms. The molecule has 1 fully saturated rings. The van der Waals surface area contributed by atoms with Crippen LogP contribution in [0.2, 0.25) is 0 Å². The van der Waals surface area contributed by atoms with Crippen molar-refractivity contribution in [3.63, 3.8) is 0 Å². The van der Waals surface area contributed by atoms with Crippen molar-refractivity contribution in [2.75, 3.05) is 0 Å². The molecule has 1 aliphatic rings. The van der Waals surface area contributed by atoms with Crippen molar-refractivity contribution >= 4 is 17.9 Å². The van der Waals surface area contributed by atoms with Gasteiger partial charge < -0.3 is 0 Å². The second kappa shape index (κ2) is 3.10. The lowest BCUT2D eigenvalue weighted by atomic mass is 10.1. The Hall–Kier alpha value is -1.91. The first kappa shape index (κ1) is 8.68. The van der Waals surface area contributed by atoms with Crippen molar-refractivity contribution in [2.24, 2.45) is 7.05 Å². The van der Waals surface area contributed by atoms with E-state index in [-0.39, 0.29) is 18.2 Å². The predicted octanol–water partition coefficient (Wildman–Crippen LogP) is -0.150. The molecule has 0 aromatic carbocycles. The minimum atomic E-state index is -0.307. The molecule has 14 heavy (non-hydrogen) atoms. The minimum Gasteiger partial charge on any atom is -0.292 e. The third-order valence-electron chi connectivity index (χ3n) is 1.96. The molecule has 0 bridgehead atoms. The molecule has 1 aromatic rings. The van der Waals surface area contributed by atoms with Gasteiger partial charge in [0, 0.05) is 24.4 Å². The Kier molecular flexibility index (Phi) is 1.92. The Morgan fingerprint density at radius 1 is 1.57 bits per heavy atom. The van der Waals surface area contributed by atoms with Crippen LogP contribution in [0.15, 0.2) is 18.0 Å². The highest BCUT2D eigenvalue weighted by molar-refractivity contribution is 6.15. The molecule has 1 N–H and O–H groups in total. The van der Waals surface area contributed by atoms with E-state index >= 15 is 0 Å². The van der Waals surface area contributed by atoms with E-state index in [0.29, 0.717) is 5.57 Å². The minimum absolute atomic E-state index is 0.160. The first-order chi connectivity index (χ1) is 6.65. The Morgan fingerprint density at radius 2 is 2.36 bits per heavy atom. The number of nitrogens with one attached hydrogen (secondary N) is 1. The third kappa shape index (κ3) is 1.56. The maximum Gasteiger partial charge on any atom is 0.254 e.